The van der Waals surface area contributed by atoms with Crippen molar-refractivity contribution in [3.05, 3.63) is 35.4 Å². The Labute approximate surface area is 98.4 Å². The van der Waals surface area contributed by atoms with Gasteiger partial charge < -0.3 is 5.73 Å². The van der Waals surface area contributed by atoms with Crippen LogP contribution < -0.4 is 5.73 Å². The van der Waals surface area contributed by atoms with Gasteiger partial charge in [-0.15, -0.1) is 0 Å². The van der Waals surface area contributed by atoms with Crippen molar-refractivity contribution in [2.75, 3.05) is 6.54 Å². The number of hydrogen-bond donors (Lipinski definition) is 1. The highest BCUT2D eigenvalue weighted by molar-refractivity contribution is 5.22. The summed E-state index contributed by atoms with van der Waals surface area (Å²) in [4.78, 5) is 2.54. The van der Waals surface area contributed by atoms with Crippen LogP contribution in [0.2, 0.25) is 0 Å². The first-order chi connectivity index (χ1) is 7.65. The summed E-state index contributed by atoms with van der Waals surface area (Å²) >= 11 is 0. The topological polar surface area (TPSA) is 29.3 Å². The summed E-state index contributed by atoms with van der Waals surface area (Å²) in [6.07, 6.45) is 2.27. The number of aryl methyl sites for hydroxylation is 1. The molecule has 2 atom stereocenters. The van der Waals surface area contributed by atoms with Crippen LogP contribution in [0.15, 0.2) is 24.3 Å². The first-order valence-corrected chi connectivity index (χ1v) is 6.20. The molecule has 1 fully saturated rings. The van der Waals surface area contributed by atoms with Crippen LogP contribution in [0.4, 0.5) is 0 Å². The van der Waals surface area contributed by atoms with Crippen molar-refractivity contribution in [3.8, 4) is 0 Å². The fraction of sp³-hybridized carbons (Fsp3) is 0.571. The fourth-order valence-electron chi connectivity index (χ4n) is 2.54. The summed E-state index contributed by atoms with van der Waals surface area (Å²) in [5.74, 6) is 0. The zero-order valence-electron chi connectivity index (χ0n) is 10.3. The Morgan fingerprint density at radius 2 is 2.25 bits per heavy atom. The van der Waals surface area contributed by atoms with Gasteiger partial charge in [-0.1, -0.05) is 29.8 Å². The zero-order chi connectivity index (χ0) is 11.5. The van der Waals surface area contributed by atoms with E-state index < -0.39 is 0 Å². The normalized spacial score (nSPS) is 26.9. The van der Waals surface area contributed by atoms with Crippen LogP contribution in [0.5, 0.6) is 0 Å². The van der Waals surface area contributed by atoms with E-state index in [-0.39, 0.29) is 0 Å². The average Bonchev–Trinajstić information content (AvgIpc) is 2.22. The summed E-state index contributed by atoms with van der Waals surface area (Å²) in [5.41, 5.74) is 8.74. The van der Waals surface area contributed by atoms with E-state index in [4.69, 9.17) is 5.73 Å². The number of nitrogens with zero attached hydrogens (tertiary/aromatic N) is 1. The van der Waals surface area contributed by atoms with Crippen molar-refractivity contribution in [1.29, 1.82) is 0 Å². The highest BCUT2D eigenvalue weighted by atomic mass is 15.2. The summed E-state index contributed by atoms with van der Waals surface area (Å²) in [5, 5.41) is 0. The Bertz CT molecular complexity index is 348. The number of likely N-dealkylation sites (tertiary alicyclic amines) is 1. The van der Waals surface area contributed by atoms with E-state index in [1.54, 1.807) is 0 Å². The SMILES string of the molecule is Cc1cccc(CN2CCC(N)CC2C)c1. The molecule has 0 aromatic heterocycles. The van der Waals surface area contributed by atoms with Gasteiger partial charge in [0.25, 0.3) is 0 Å². The van der Waals surface area contributed by atoms with Crippen molar-refractivity contribution in [2.24, 2.45) is 5.73 Å². The summed E-state index contributed by atoms with van der Waals surface area (Å²) < 4.78 is 0. The van der Waals surface area contributed by atoms with Gasteiger partial charge in [0, 0.05) is 25.2 Å². The van der Waals surface area contributed by atoms with E-state index in [0.717, 1.165) is 25.9 Å². The third-order valence-corrected chi connectivity index (χ3v) is 3.52. The lowest BCUT2D eigenvalue weighted by molar-refractivity contribution is 0.140. The molecule has 2 nitrogen and oxygen atoms in total. The van der Waals surface area contributed by atoms with Gasteiger partial charge in [-0.05, 0) is 32.3 Å². The van der Waals surface area contributed by atoms with E-state index in [2.05, 4.69) is 43.0 Å². The highest BCUT2D eigenvalue weighted by Gasteiger charge is 2.22. The lowest BCUT2D eigenvalue weighted by Crippen LogP contribution is -2.44. The van der Waals surface area contributed by atoms with Crippen LogP contribution >= 0.6 is 0 Å². The maximum absolute atomic E-state index is 5.98. The average molecular weight is 218 g/mol. The zero-order valence-corrected chi connectivity index (χ0v) is 10.3. The highest BCUT2D eigenvalue weighted by Crippen LogP contribution is 2.18. The predicted octanol–water partition coefficient (Wildman–Crippen LogP) is 2.31. The van der Waals surface area contributed by atoms with Crippen LogP contribution in [0, 0.1) is 6.92 Å². The molecule has 16 heavy (non-hydrogen) atoms. The van der Waals surface area contributed by atoms with Crippen LogP contribution in [-0.2, 0) is 6.54 Å². The molecule has 1 aliphatic rings. The first kappa shape index (κ1) is 11.6. The minimum absolute atomic E-state index is 0.406. The first-order valence-electron chi connectivity index (χ1n) is 6.20. The van der Waals surface area contributed by atoms with Crippen molar-refractivity contribution < 1.29 is 0 Å². The molecule has 0 spiro atoms. The molecule has 0 amide bonds. The van der Waals surface area contributed by atoms with Crippen molar-refractivity contribution in [3.63, 3.8) is 0 Å². The van der Waals surface area contributed by atoms with Gasteiger partial charge in [-0.2, -0.15) is 0 Å². The lowest BCUT2D eigenvalue weighted by atomic mass is 9.98. The minimum Gasteiger partial charge on any atom is -0.328 e. The van der Waals surface area contributed by atoms with Crippen molar-refractivity contribution >= 4 is 0 Å². The van der Waals surface area contributed by atoms with E-state index in [1.807, 2.05) is 0 Å². The van der Waals surface area contributed by atoms with E-state index >= 15 is 0 Å². The monoisotopic (exact) mass is 218 g/mol. The molecule has 0 bridgehead atoms. The Hall–Kier alpha value is -0.860. The molecule has 1 aliphatic heterocycles. The van der Waals surface area contributed by atoms with Gasteiger partial charge in [0.15, 0.2) is 0 Å². The summed E-state index contributed by atoms with van der Waals surface area (Å²) in [6, 6.07) is 9.81. The molecular weight excluding hydrogens is 196 g/mol. The number of hydrogen-bond acceptors (Lipinski definition) is 2. The maximum atomic E-state index is 5.98. The second-order valence-electron chi connectivity index (χ2n) is 5.09. The second kappa shape index (κ2) is 4.98. The van der Waals surface area contributed by atoms with Gasteiger partial charge in [0.1, 0.15) is 0 Å². The minimum atomic E-state index is 0.406. The molecule has 0 radical (unpaired) electrons. The Kier molecular flexibility index (Phi) is 3.62. The quantitative estimate of drug-likeness (QED) is 0.825. The van der Waals surface area contributed by atoms with Crippen LogP contribution in [0.25, 0.3) is 0 Å². The maximum Gasteiger partial charge on any atom is 0.0236 e. The molecule has 1 aromatic carbocycles. The van der Waals surface area contributed by atoms with Crippen LogP contribution in [0.3, 0.4) is 0 Å². The van der Waals surface area contributed by atoms with Gasteiger partial charge in [-0.25, -0.2) is 0 Å². The fourth-order valence-corrected chi connectivity index (χ4v) is 2.54. The molecule has 1 saturated heterocycles. The van der Waals surface area contributed by atoms with E-state index in [0.29, 0.717) is 12.1 Å². The number of benzene rings is 1. The summed E-state index contributed by atoms with van der Waals surface area (Å²) in [7, 11) is 0. The largest absolute Gasteiger partial charge is 0.328 e. The third kappa shape index (κ3) is 2.83. The standard InChI is InChI=1S/C14H22N2/c1-11-4-3-5-13(8-11)10-16-7-6-14(15)9-12(16)2/h3-5,8,12,14H,6-7,9-10,15H2,1-2H3. The number of nitrogens with two attached hydrogens (primary N) is 1. The molecule has 0 saturated carbocycles. The number of piperidine rings is 1. The van der Waals surface area contributed by atoms with Gasteiger partial charge >= 0.3 is 0 Å². The Balaban J connectivity index is 1.99. The lowest BCUT2D eigenvalue weighted by Gasteiger charge is -2.36. The molecule has 2 N–H and O–H groups in total. The van der Waals surface area contributed by atoms with Crippen molar-refractivity contribution in [2.45, 2.75) is 45.3 Å². The van der Waals surface area contributed by atoms with Gasteiger partial charge in [-0.3, -0.25) is 4.90 Å². The van der Waals surface area contributed by atoms with Crippen molar-refractivity contribution in [1.82, 2.24) is 4.90 Å². The molecule has 2 heteroatoms. The van der Waals surface area contributed by atoms with Gasteiger partial charge in [0.05, 0.1) is 0 Å². The Morgan fingerprint density at radius 3 is 2.94 bits per heavy atom. The molecule has 2 unspecified atom stereocenters. The number of rotatable bonds is 2. The third-order valence-electron chi connectivity index (χ3n) is 3.52. The van der Waals surface area contributed by atoms with Gasteiger partial charge in [0.2, 0.25) is 0 Å². The second-order valence-corrected chi connectivity index (χ2v) is 5.09. The van der Waals surface area contributed by atoms with Crippen LogP contribution in [0.1, 0.15) is 30.9 Å². The molecule has 1 aromatic rings. The van der Waals surface area contributed by atoms with Crippen LogP contribution in [-0.4, -0.2) is 23.5 Å². The molecule has 1 heterocycles. The molecule has 0 aliphatic carbocycles. The molecule has 88 valence electrons. The molecule has 2 rings (SSSR count). The Morgan fingerprint density at radius 1 is 1.44 bits per heavy atom. The smallest absolute Gasteiger partial charge is 0.0236 e. The van der Waals surface area contributed by atoms with E-state index in [1.165, 1.54) is 11.1 Å². The van der Waals surface area contributed by atoms with E-state index in [9.17, 15) is 0 Å². The summed E-state index contributed by atoms with van der Waals surface area (Å²) in [6.45, 7) is 6.64. The predicted molar refractivity (Wildman–Crippen MR) is 68.3 cm³/mol. The molecular formula is C14H22N2.